The summed E-state index contributed by atoms with van der Waals surface area (Å²) in [5, 5.41) is 8.00. The number of hydrogen-bond donors (Lipinski definition) is 1. The van der Waals surface area contributed by atoms with Crippen LogP contribution < -0.4 is 4.74 Å². The lowest BCUT2D eigenvalue weighted by Crippen LogP contribution is -2.38. The molecule has 0 spiro atoms. The van der Waals surface area contributed by atoms with Crippen LogP contribution in [0.5, 0.6) is 5.06 Å². The summed E-state index contributed by atoms with van der Waals surface area (Å²) in [6, 6.07) is 7.89. The Hall–Kier alpha value is -2.29. The minimum atomic E-state index is -0.833. The predicted molar refractivity (Wildman–Crippen MR) is 117 cm³/mol. The first-order chi connectivity index (χ1) is 14.3. The van der Waals surface area contributed by atoms with Gasteiger partial charge >= 0.3 is 5.97 Å². The van der Waals surface area contributed by atoms with Crippen LogP contribution in [-0.2, 0) is 27.3 Å². The topological polar surface area (TPSA) is 83.9 Å². The third-order valence-electron chi connectivity index (χ3n) is 4.93. The largest absolute Gasteiger partial charge is 0.481 e. The number of fused-ring (bicyclic) bond motifs is 1. The molecule has 1 fully saturated rings. The Morgan fingerprint density at radius 1 is 1.23 bits per heavy atom. The third kappa shape index (κ3) is 6.59. The molecular formula is C22H25ClFNO5S. The van der Waals surface area contributed by atoms with Crippen LogP contribution in [0.2, 0.25) is 0 Å². The summed E-state index contributed by atoms with van der Waals surface area (Å²) in [5.74, 6) is -1.33. The zero-order valence-corrected chi connectivity index (χ0v) is 18.9. The summed E-state index contributed by atoms with van der Waals surface area (Å²) in [6.07, 6.45) is 2.57. The van der Waals surface area contributed by atoms with Gasteiger partial charge in [0.15, 0.2) is 10.8 Å². The molecule has 0 bridgehead atoms. The van der Waals surface area contributed by atoms with Gasteiger partial charge in [0, 0.05) is 43.3 Å². The molecule has 9 heteroatoms. The standard InChI is InChI=1S/C20H20FNO3S.C2H4O2.ClH/c1-12(23)25-18-10-14-11-22(9-8-17(14)26-18)19(20(24)13-6-7-13)15-4-2-3-5-16(15)21;1-2(3)4;/h2-5,10,13,19H,6-9,11H2,1H3;1H3,(H,3,4);1H. The fourth-order valence-corrected chi connectivity index (χ4v) is 4.61. The van der Waals surface area contributed by atoms with Crippen molar-refractivity contribution in [2.24, 2.45) is 5.92 Å². The number of rotatable bonds is 5. The van der Waals surface area contributed by atoms with Gasteiger partial charge in [-0.2, -0.15) is 0 Å². The number of carbonyl (C=O) groups excluding carboxylic acids is 2. The molecule has 0 radical (unpaired) electrons. The van der Waals surface area contributed by atoms with Crippen molar-refractivity contribution in [3.05, 3.63) is 52.2 Å². The maximum absolute atomic E-state index is 14.4. The number of thiophene rings is 1. The molecular weight excluding hydrogens is 445 g/mol. The Morgan fingerprint density at radius 2 is 1.87 bits per heavy atom. The number of Topliss-reactive ketones (excluding diaryl/α,β-unsaturated/α-hetero) is 1. The highest BCUT2D eigenvalue weighted by Crippen LogP contribution is 2.41. The Kier molecular flexibility index (Phi) is 8.73. The van der Waals surface area contributed by atoms with E-state index < -0.39 is 12.0 Å². The van der Waals surface area contributed by atoms with Crippen LogP contribution in [0, 0.1) is 11.7 Å². The first-order valence-electron chi connectivity index (χ1n) is 9.78. The van der Waals surface area contributed by atoms with Crippen molar-refractivity contribution in [2.75, 3.05) is 6.54 Å². The number of esters is 1. The van der Waals surface area contributed by atoms with Crippen LogP contribution in [-0.4, -0.2) is 34.3 Å². The molecule has 4 rings (SSSR count). The van der Waals surface area contributed by atoms with Crippen molar-refractivity contribution in [1.82, 2.24) is 4.90 Å². The van der Waals surface area contributed by atoms with Gasteiger partial charge in [-0.1, -0.05) is 18.2 Å². The Labute approximate surface area is 190 Å². The molecule has 0 saturated heterocycles. The minimum absolute atomic E-state index is 0. The van der Waals surface area contributed by atoms with Gasteiger partial charge in [-0.3, -0.25) is 19.3 Å². The van der Waals surface area contributed by atoms with Crippen molar-refractivity contribution >= 4 is 41.5 Å². The van der Waals surface area contributed by atoms with Crippen molar-refractivity contribution in [2.45, 2.75) is 45.7 Å². The third-order valence-corrected chi connectivity index (χ3v) is 6.05. The number of ketones is 1. The lowest BCUT2D eigenvalue weighted by atomic mass is 9.95. The molecule has 168 valence electrons. The minimum Gasteiger partial charge on any atom is -0.481 e. The number of carboxylic acids is 1. The Bertz CT molecular complexity index is 955. The average Bonchev–Trinajstić information content (AvgIpc) is 3.43. The van der Waals surface area contributed by atoms with Gasteiger partial charge < -0.3 is 9.84 Å². The lowest BCUT2D eigenvalue weighted by molar-refractivity contribution is -0.134. The molecule has 6 nitrogen and oxygen atoms in total. The maximum Gasteiger partial charge on any atom is 0.308 e. The normalized spacial score (nSPS) is 16.1. The smallest absolute Gasteiger partial charge is 0.308 e. The van der Waals surface area contributed by atoms with E-state index in [4.69, 9.17) is 14.6 Å². The first-order valence-corrected chi connectivity index (χ1v) is 10.6. The molecule has 1 aromatic carbocycles. The second-order valence-electron chi connectivity index (χ2n) is 7.45. The van der Waals surface area contributed by atoms with Gasteiger partial charge in [0.2, 0.25) is 0 Å². The number of carboxylic acid groups (broad SMARTS) is 1. The molecule has 1 atom stereocenters. The van der Waals surface area contributed by atoms with Gasteiger partial charge in [-0.15, -0.1) is 23.7 Å². The molecule has 0 amide bonds. The van der Waals surface area contributed by atoms with E-state index in [1.807, 2.05) is 6.07 Å². The van der Waals surface area contributed by atoms with E-state index >= 15 is 0 Å². The second kappa shape index (κ2) is 10.8. The van der Waals surface area contributed by atoms with E-state index in [1.165, 1.54) is 29.2 Å². The number of halogens is 2. The fraction of sp³-hybridized carbons (Fsp3) is 0.409. The van der Waals surface area contributed by atoms with Gasteiger partial charge in [0.05, 0.1) is 6.04 Å². The molecule has 1 N–H and O–H groups in total. The Balaban J connectivity index is 0.000000631. The zero-order valence-electron chi connectivity index (χ0n) is 17.3. The summed E-state index contributed by atoms with van der Waals surface area (Å²) >= 11 is 1.47. The highest BCUT2D eigenvalue weighted by molar-refractivity contribution is 7.14. The molecule has 1 aromatic heterocycles. The molecule has 1 aliphatic carbocycles. The summed E-state index contributed by atoms with van der Waals surface area (Å²) in [6.45, 7) is 3.71. The Morgan fingerprint density at radius 3 is 2.45 bits per heavy atom. The van der Waals surface area contributed by atoms with Crippen molar-refractivity contribution < 1.29 is 28.6 Å². The van der Waals surface area contributed by atoms with Crippen molar-refractivity contribution in [3.8, 4) is 5.06 Å². The summed E-state index contributed by atoms with van der Waals surface area (Å²) < 4.78 is 19.6. The number of benzene rings is 1. The summed E-state index contributed by atoms with van der Waals surface area (Å²) in [5.41, 5.74) is 1.52. The molecule has 1 saturated carbocycles. The number of carbonyl (C=O) groups is 3. The van der Waals surface area contributed by atoms with Gasteiger partial charge in [0.1, 0.15) is 5.82 Å². The molecule has 2 heterocycles. The van der Waals surface area contributed by atoms with E-state index in [-0.39, 0.29) is 35.9 Å². The summed E-state index contributed by atoms with van der Waals surface area (Å²) in [7, 11) is 0. The lowest BCUT2D eigenvalue weighted by Gasteiger charge is -2.34. The number of aliphatic carboxylic acids is 1. The molecule has 2 aliphatic rings. The molecule has 1 unspecified atom stereocenters. The highest BCUT2D eigenvalue weighted by Gasteiger charge is 2.40. The monoisotopic (exact) mass is 469 g/mol. The van der Waals surface area contributed by atoms with Crippen LogP contribution >= 0.6 is 23.7 Å². The van der Waals surface area contributed by atoms with Crippen molar-refractivity contribution in [3.63, 3.8) is 0 Å². The predicted octanol–water partition coefficient (Wildman–Crippen LogP) is 4.40. The number of ether oxygens (including phenoxy) is 1. The van der Waals surface area contributed by atoms with E-state index in [0.29, 0.717) is 23.7 Å². The fourth-order valence-electron chi connectivity index (χ4n) is 3.56. The second-order valence-corrected chi connectivity index (χ2v) is 8.55. The molecule has 1 aliphatic heterocycles. The molecule has 2 aromatic rings. The van der Waals surface area contributed by atoms with Crippen LogP contribution in [0.25, 0.3) is 0 Å². The highest BCUT2D eigenvalue weighted by atomic mass is 35.5. The van der Waals surface area contributed by atoms with Crippen LogP contribution in [0.15, 0.2) is 30.3 Å². The number of hydrogen-bond acceptors (Lipinski definition) is 6. The van der Waals surface area contributed by atoms with Crippen LogP contribution in [0.1, 0.15) is 48.7 Å². The van der Waals surface area contributed by atoms with Gasteiger partial charge in [0.25, 0.3) is 5.97 Å². The van der Waals surface area contributed by atoms with E-state index in [2.05, 4.69) is 4.90 Å². The van der Waals surface area contributed by atoms with E-state index in [9.17, 15) is 14.0 Å². The quantitative estimate of drug-likeness (QED) is 0.653. The van der Waals surface area contributed by atoms with Crippen LogP contribution in [0.4, 0.5) is 4.39 Å². The van der Waals surface area contributed by atoms with Gasteiger partial charge in [-0.05, 0) is 37.0 Å². The maximum atomic E-state index is 14.4. The zero-order chi connectivity index (χ0) is 21.8. The SMILES string of the molecule is CC(=O)O.CC(=O)Oc1cc2c(s1)CCN(C(C(=O)C1CC1)c1ccccc1F)C2.Cl. The van der Waals surface area contributed by atoms with E-state index in [0.717, 1.165) is 31.7 Å². The van der Waals surface area contributed by atoms with Crippen molar-refractivity contribution in [1.29, 1.82) is 0 Å². The van der Waals surface area contributed by atoms with Crippen LogP contribution in [0.3, 0.4) is 0 Å². The summed E-state index contributed by atoms with van der Waals surface area (Å²) in [4.78, 5) is 36.4. The van der Waals surface area contributed by atoms with E-state index in [1.54, 1.807) is 18.2 Å². The first kappa shape index (κ1) is 25.0. The number of nitrogens with zero attached hydrogens (tertiary/aromatic N) is 1. The van der Waals surface area contributed by atoms with Gasteiger partial charge in [-0.25, -0.2) is 4.39 Å². The molecule has 31 heavy (non-hydrogen) atoms. The average molecular weight is 470 g/mol.